The first-order chi connectivity index (χ1) is 18.7. The van der Waals surface area contributed by atoms with Crippen molar-refractivity contribution >= 4 is 51.8 Å². The molecule has 6 rings (SSSR count). The van der Waals surface area contributed by atoms with Gasteiger partial charge in [0, 0.05) is 41.1 Å². The fraction of sp³-hybridized carbons (Fsp3) is 0.500. The number of anilines is 2. The first-order valence-electron chi connectivity index (χ1n) is 13.9. The minimum absolute atomic E-state index is 0.0622. The number of hydrogen-bond donors (Lipinski definition) is 2. The van der Waals surface area contributed by atoms with Gasteiger partial charge in [-0.2, -0.15) is 4.98 Å². The molecule has 2 saturated heterocycles. The van der Waals surface area contributed by atoms with Gasteiger partial charge in [0.1, 0.15) is 5.82 Å². The van der Waals surface area contributed by atoms with Crippen LogP contribution in [-0.4, -0.2) is 58.2 Å². The van der Waals surface area contributed by atoms with E-state index in [1.54, 1.807) is 6.07 Å². The molecule has 2 aliphatic heterocycles. The molecule has 1 aromatic heterocycles. The normalized spacial score (nSPS) is 26.6. The van der Waals surface area contributed by atoms with Gasteiger partial charge in [-0.05, 0) is 87.7 Å². The van der Waals surface area contributed by atoms with Crippen LogP contribution in [0.3, 0.4) is 0 Å². The van der Waals surface area contributed by atoms with Gasteiger partial charge in [0.2, 0.25) is 5.95 Å². The Hall–Kier alpha value is -2.61. The van der Waals surface area contributed by atoms with Crippen LogP contribution in [0, 0.1) is 17.3 Å². The van der Waals surface area contributed by atoms with Crippen LogP contribution in [-0.2, 0) is 4.79 Å². The maximum Gasteiger partial charge on any atom is 0.309 e. The van der Waals surface area contributed by atoms with Gasteiger partial charge in [-0.15, -0.1) is 0 Å². The average Bonchev–Trinajstić information content (AvgIpc) is 2.86. The Labute approximate surface area is 239 Å². The van der Waals surface area contributed by atoms with Gasteiger partial charge in [-0.25, -0.2) is 4.98 Å². The second kappa shape index (κ2) is 10.4. The van der Waals surface area contributed by atoms with Crippen molar-refractivity contribution in [1.29, 1.82) is 0 Å². The molecule has 3 aromatic rings. The number of para-hydroxylation sites is 1. The number of nitrogens with one attached hydrogen (secondary N) is 1. The molecule has 2 atom stereocenters. The summed E-state index contributed by atoms with van der Waals surface area (Å²) in [5.41, 5.74) is 1.34. The number of nitrogens with zero attached hydrogens (tertiary/aromatic N) is 4. The minimum Gasteiger partial charge on any atom is -0.481 e. The molecule has 9 heteroatoms. The van der Waals surface area contributed by atoms with E-state index in [2.05, 4.69) is 22.0 Å². The van der Waals surface area contributed by atoms with Crippen molar-refractivity contribution in [2.45, 2.75) is 51.6 Å². The fourth-order valence-electron chi connectivity index (χ4n) is 6.60. The molecule has 0 bridgehead atoms. The van der Waals surface area contributed by atoms with Crippen molar-refractivity contribution in [2.24, 2.45) is 17.3 Å². The van der Waals surface area contributed by atoms with Crippen LogP contribution in [0.5, 0.6) is 0 Å². The number of halogens is 2. The number of piperidine rings is 1. The van der Waals surface area contributed by atoms with Gasteiger partial charge in [0.05, 0.1) is 17.0 Å². The molecule has 2 N–H and O–H groups in total. The van der Waals surface area contributed by atoms with E-state index >= 15 is 0 Å². The second-order valence-corrected chi connectivity index (χ2v) is 12.8. The maximum absolute atomic E-state index is 11.5. The molecule has 3 heterocycles. The van der Waals surface area contributed by atoms with Crippen molar-refractivity contribution in [2.75, 3.05) is 36.4 Å². The molecule has 206 valence electrons. The van der Waals surface area contributed by atoms with Crippen LogP contribution in [0.4, 0.5) is 11.8 Å². The predicted octanol–water partition coefficient (Wildman–Crippen LogP) is 6.51. The molecule has 2 aromatic carbocycles. The summed E-state index contributed by atoms with van der Waals surface area (Å²) in [6, 6.07) is 14.0. The number of rotatable bonds is 7. The molecular weight excluding hydrogens is 533 g/mol. The highest BCUT2D eigenvalue weighted by molar-refractivity contribution is 6.35. The van der Waals surface area contributed by atoms with E-state index in [9.17, 15) is 9.90 Å². The van der Waals surface area contributed by atoms with Crippen LogP contribution in [0.25, 0.3) is 10.9 Å². The van der Waals surface area contributed by atoms with Gasteiger partial charge in [0.15, 0.2) is 0 Å². The van der Waals surface area contributed by atoms with Gasteiger partial charge in [-0.1, -0.05) is 41.4 Å². The van der Waals surface area contributed by atoms with E-state index in [-0.39, 0.29) is 6.04 Å². The van der Waals surface area contributed by atoms with Crippen LogP contribution in [0.1, 0.15) is 51.1 Å². The van der Waals surface area contributed by atoms with E-state index in [1.807, 2.05) is 43.3 Å². The molecule has 39 heavy (non-hydrogen) atoms. The summed E-state index contributed by atoms with van der Waals surface area (Å²) in [5.74, 6) is 2.14. The van der Waals surface area contributed by atoms with Crippen LogP contribution >= 0.6 is 23.2 Å². The van der Waals surface area contributed by atoms with Crippen LogP contribution in [0.15, 0.2) is 42.5 Å². The Morgan fingerprint density at radius 2 is 1.87 bits per heavy atom. The largest absolute Gasteiger partial charge is 0.481 e. The SMILES string of the molecule is C[C@@H](Nc1nc(N2CC([C@H]3CCCN([C@H]4C[C@@](C)(C(=O)O)C4)C3)C2)nc2ccccc12)c1ccc(Cl)cc1Cl. The summed E-state index contributed by atoms with van der Waals surface area (Å²) in [6.45, 7) is 8.02. The van der Waals surface area contributed by atoms with Crippen molar-refractivity contribution in [1.82, 2.24) is 14.9 Å². The smallest absolute Gasteiger partial charge is 0.309 e. The van der Waals surface area contributed by atoms with Gasteiger partial charge in [-0.3, -0.25) is 4.79 Å². The topological polar surface area (TPSA) is 81.6 Å². The lowest BCUT2D eigenvalue weighted by atomic mass is 9.65. The number of aliphatic carboxylic acids is 1. The molecule has 0 amide bonds. The van der Waals surface area contributed by atoms with E-state index in [1.165, 1.54) is 12.8 Å². The highest BCUT2D eigenvalue weighted by atomic mass is 35.5. The highest BCUT2D eigenvalue weighted by Crippen LogP contribution is 2.45. The third-order valence-corrected chi connectivity index (χ3v) is 9.69. The Kier molecular flexibility index (Phi) is 7.11. The molecule has 3 aliphatic rings. The summed E-state index contributed by atoms with van der Waals surface area (Å²) in [4.78, 5) is 26.3. The standard InChI is InChI=1S/C30H35Cl2N5O2/c1-18(23-10-9-21(31)12-25(23)32)33-27-24-7-3-4-8-26(24)34-29(35-27)37-16-20(17-37)19-6-5-11-36(15-19)22-13-30(2,14-22)28(38)39/h3-4,7-10,12,18-20,22H,5-6,11,13-17H2,1-2H3,(H,38,39)(H,33,34,35)/t18-,19+,22-,30+/m1/s1. The van der Waals surface area contributed by atoms with Crippen molar-refractivity contribution < 1.29 is 9.90 Å². The molecule has 7 nitrogen and oxygen atoms in total. The fourth-order valence-corrected chi connectivity index (χ4v) is 7.17. The zero-order valence-electron chi connectivity index (χ0n) is 22.4. The molecule has 0 spiro atoms. The summed E-state index contributed by atoms with van der Waals surface area (Å²) in [5, 5.41) is 15.3. The van der Waals surface area contributed by atoms with Gasteiger partial charge < -0.3 is 20.2 Å². The van der Waals surface area contributed by atoms with Gasteiger partial charge >= 0.3 is 5.97 Å². The van der Waals surface area contributed by atoms with Crippen molar-refractivity contribution in [3.8, 4) is 0 Å². The Balaban J connectivity index is 1.14. The molecular formula is C30H35Cl2N5O2. The number of benzene rings is 2. The van der Waals surface area contributed by atoms with Crippen molar-refractivity contribution in [3.63, 3.8) is 0 Å². The first kappa shape index (κ1) is 26.6. The molecule has 0 radical (unpaired) electrons. The quantitative estimate of drug-likeness (QED) is 0.336. The summed E-state index contributed by atoms with van der Waals surface area (Å²) in [6.07, 6.45) is 3.97. The van der Waals surface area contributed by atoms with E-state index in [0.29, 0.717) is 27.9 Å². The van der Waals surface area contributed by atoms with E-state index in [0.717, 1.165) is 67.3 Å². The summed E-state index contributed by atoms with van der Waals surface area (Å²) >= 11 is 12.6. The summed E-state index contributed by atoms with van der Waals surface area (Å²) in [7, 11) is 0. The number of fused-ring (bicyclic) bond motifs is 1. The second-order valence-electron chi connectivity index (χ2n) is 11.9. The van der Waals surface area contributed by atoms with E-state index < -0.39 is 11.4 Å². The average molecular weight is 569 g/mol. The Morgan fingerprint density at radius 3 is 2.62 bits per heavy atom. The highest BCUT2D eigenvalue weighted by Gasteiger charge is 2.49. The number of likely N-dealkylation sites (tertiary alicyclic amines) is 1. The molecule has 3 fully saturated rings. The van der Waals surface area contributed by atoms with Gasteiger partial charge in [0.25, 0.3) is 0 Å². The lowest BCUT2D eigenvalue weighted by molar-refractivity contribution is -0.158. The van der Waals surface area contributed by atoms with Crippen molar-refractivity contribution in [3.05, 3.63) is 58.1 Å². The number of carboxylic acid groups (broad SMARTS) is 1. The minimum atomic E-state index is -0.656. The lowest BCUT2D eigenvalue weighted by Crippen LogP contribution is -2.58. The predicted molar refractivity (Wildman–Crippen MR) is 157 cm³/mol. The molecule has 0 unspecified atom stereocenters. The number of carboxylic acids is 1. The number of carbonyl (C=O) groups is 1. The van der Waals surface area contributed by atoms with Crippen LogP contribution in [0.2, 0.25) is 10.0 Å². The zero-order valence-corrected chi connectivity index (χ0v) is 23.9. The number of hydrogen-bond acceptors (Lipinski definition) is 6. The summed E-state index contributed by atoms with van der Waals surface area (Å²) < 4.78 is 0. The third kappa shape index (κ3) is 5.17. The third-order valence-electron chi connectivity index (χ3n) is 9.13. The monoisotopic (exact) mass is 567 g/mol. The zero-order chi connectivity index (χ0) is 27.3. The van der Waals surface area contributed by atoms with E-state index in [4.69, 9.17) is 33.2 Å². The Morgan fingerprint density at radius 1 is 1.10 bits per heavy atom. The molecule has 1 aliphatic carbocycles. The Bertz CT molecular complexity index is 1390. The van der Waals surface area contributed by atoms with Crippen LogP contribution < -0.4 is 10.2 Å². The lowest BCUT2D eigenvalue weighted by Gasteiger charge is -2.52. The number of aromatic nitrogens is 2. The first-order valence-corrected chi connectivity index (χ1v) is 14.7. The maximum atomic E-state index is 11.5. The molecule has 1 saturated carbocycles.